The van der Waals surface area contributed by atoms with Gasteiger partial charge in [-0.25, -0.2) is 9.97 Å². The van der Waals surface area contributed by atoms with Gasteiger partial charge in [0, 0.05) is 48.7 Å². The molecule has 0 bridgehead atoms. The highest BCUT2D eigenvalue weighted by atomic mass is 79.9. The minimum Gasteiger partial charge on any atom is -0.353 e. The number of aryl methyl sites for hydroxylation is 1. The van der Waals surface area contributed by atoms with Crippen molar-refractivity contribution in [3.8, 4) is 0 Å². The maximum Gasteiger partial charge on any atom is 0.274 e. The summed E-state index contributed by atoms with van der Waals surface area (Å²) in [6.07, 6.45) is 3.63. The van der Waals surface area contributed by atoms with Crippen LogP contribution in [0, 0.1) is 6.92 Å². The highest BCUT2D eigenvalue weighted by Gasteiger charge is 2.24. The Labute approximate surface area is 154 Å². The normalized spacial score (nSPS) is 15.0. The second-order valence-corrected chi connectivity index (χ2v) is 7.05. The minimum atomic E-state index is -0.00786. The topological polar surface area (TPSA) is 53.7 Å². The van der Waals surface area contributed by atoms with Crippen LogP contribution in [0.5, 0.6) is 0 Å². The van der Waals surface area contributed by atoms with Gasteiger partial charge >= 0.3 is 0 Å². The van der Waals surface area contributed by atoms with Crippen molar-refractivity contribution >= 4 is 33.3 Å². The van der Waals surface area contributed by atoms with Crippen molar-refractivity contribution in [3.63, 3.8) is 0 Å². The largest absolute Gasteiger partial charge is 0.353 e. The lowest BCUT2D eigenvalue weighted by atomic mass is 10.2. The summed E-state index contributed by atoms with van der Waals surface area (Å²) in [5.41, 5.74) is 2.38. The summed E-state index contributed by atoms with van der Waals surface area (Å²) >= 11 is 3.40. The number of aromatic nitrogens is 3. The highest BCUT2D eigenvalue weighted by molar-refractivity contribution is 9.10. The smallest absolute Gasteiger partial charge is 0.274 e. The van der Waals surface area contributed by atoms with Gasteiger partial charge in [-0.2, -0.15) is 0 Å². The van der Waals surface area contributed by atoms with Crippen LogP contribution in [0.3, 0.4) is 0 Å². The number of carbonyl (C=O) groups excluding carboxylic acids is 1. The third kappa shape index (κ3) is 3.11. The number of hydrogen-bond acceptors (Lipinski definition) is 4. The molecular weight excluding hydrogens is 382 g/mol. The summed E-state index contributed by atoms with van der Waals surface area (Å²) < 4.78 is 2.92. The molecule has 0 radical (unpaired) electrons. The molecular formula is C18H18BrN5O. The number of hydrogen-bond donors (Lipinski definition) is 0. The molecule has 1 aliphatic heterocycles. The van der Waals surface area contributed by atoms with Crippen molar-refractivity contribution in [1.29, 1.82) is 0 Å². The van der Waals surface area contributed by atoms with Crippen molar-refractivity contribution in [2.24, 2.45) is 0 Å². The zero-order valence-electron chi connectivity index (χ0n) is 13.9. The summed E-state index contributed by atoms with van der Waals surface area (Å²) in [6, 6.07) is 9.86. The van der Waals surface area contributed by atoms with Crippen LogP contribution in [0.4, 0.5) is 5.82 Å². The lowest BCUT2D eigenvalue weighted by Crippen LogP contribution is -2.49. The van der Waals surface area contributed by atoms with Gasteiger partial charge in [-0.05, 0) is 47.1 Å². The lowest BCUT2D eigenvalue weighted by molar-refractivity contribution is 0.0741. The molecule has 1 saturated heterocycles. The van der Waals surface area contributed by atoms with Crippen molar-refractivity contribution in [3.05, 3.63) is 58.6 Å². The van der Waals surface area contributed by atoms with Crippen LogP contribution >= 0.6 is 15.9 Å². The lowest BCUT2D eigenvalue weighted by Gasteiger charge is -2.35. The van der Waals surface area contributed by atoms with E-state index in [4.69, 9.17) is 0 Å². The number of rotatable bonds is 2. The molecule has 0 N–H and O–H groups in total. The molecule has 3 aromatic rings. The SMILES string of the molecule is Cc1cccc2nc(C(=O)N3CCN(c4ccc(Br)cn4)CC3)cn12. The zero-order chi connectivity index (χ0) is 17.4. The molecule has 128 valence electrons. The second kappa shape index (κ2) is 6.48. The van der Waals surface area contributed by atoms with Crippen LogP contribution in [-0.4, -0.2) is 51.4 Å². The van der Waals surface area contributed by atoms with E-state index >= 15 is 0 Å². The van der Waals surface area contributed by atoms with Crippen LogP contribution in [0.2, 0.25) is 0 Å². The van der Waals surface area contributed by atoms with Crippen molar-refractivity contribution in [2.45, 2.75) is 6.92 Å². The molecule has 4 rings (SSSR count). The van der Waals surface area contributed by atoms with Gasteiger partial charge in [-0.1, -0.05) is 6.07 Å². The van der Waals surface area contributed by atoms with Gasteiger partial charge in [-0.15, -0.1) is 0 Å². The molecule has 1 amide bonds. The molecule has 1 aliphatic rings. The van der Waals surface area contributed by atoms with Gasteiger partial charge in [0.1, 0.15) is 17.2 Å². The third-order valence-corrected chi connectivity index (χ3v) is 4.99. The number of imidazole rings is 1. The molecule has 0 saturated carbocycles. The Bertz CT molecular complexity index is 913. The van der Waals surface area contributed by atoms with E-state index in [0.717, 1.165) is 34.7 Å². The number of pyridine rings is 2. The predicted molar refractivity (Wildman–Crippen MR) is 100.0 cm³/mol. The first-order chi connectivity index (χ1) is 12.1. The number of amides is 1. The number of carbonyl (C=O) groups is 1. The molecule has 7 heteroatoms. The Balaban J connectivity index is 1.47. The van der Waals surface area contributed by atoms with Crippen molar-refractivity contribution in [1.82, 2.24) is 19.3 Å². The Morgan fingerprint density at radius 2 is 1.92 bits per heavy atom. The maximum atomic E-state index is 12.8. The number of nitrogens with zero attached hydrogens (tertiary/aromatic N) is 5. The second-order valence-electron chi connectivity index (χ2n) is 6.14. The summed E-state index contributed by atoms with van der Waals surface area (Å²) in [4.78, 5) is 25.7. The van der Waals surface area contributed by atoms with Crippen LogP contribution < -0.4 is 4.90 Å². The molecule has 6 nitrogen and oxygen atoms in total. The number of halogens is 1. The summed E-state index contributed by atoms with van der Waals surface area (Å²) in [7, 11) is 0. The first-order valence-electron chi connectivity index (χ1n) is 8.22. The Morgan fingerprint density at radius 1 is 1.12 bits per heavy atom. The highest BCUT2D eigenvalue weighted by Crippen LogP contribution is 2.18. The molecule has 0 aromatic carbocycles. The molecule has 0 unspecified atom stereocenters. The Hall–Kier alpha value is -2.41. The fraction of sp³-hybridized carbons (Fsp3) is 0.278. The van der Waals surface area contributed by atoms with E-state index in [0.29, 0.717) is 18.8 Å². The Kier molecular flexibility index (Phi) is 4.17. The van der Waals surface area contributed by atoms with Crippen LogP contribution in [0.25, 0.3) is 5.65 Å². The average molecular weight is 400 g/mol. The molecule has 4 heterocycles. The van der Waals surface area contributed by atoms with Crippen LogP contribution in [0.1, 0.15) is 16.2 Å². The third-order valence-electron chi connectivity index (χ3n) is 4.52. The molecule has 25 heavy (non-hydrogen) atoms. The molecule has 0 atom stereocenters. The van der Waals surface area contributed by atoms with Crippen molar-refractivity contribution < 1.29 is 4.79 Å². The Morgan fingerprint density at radius 3 is 2.60 bits per heavy atom. The molecule has 0 aliphatic carbocycles. The zero-order valence-corrected chi connectivity index (χ0v) is 15.5. The number of piperazine rings is 1. The fourth-order valence-electron chi connectivity index (χ4n) is 3.11. The number of anilines is 1. The van der Waals surface area contributed by atoms with E-state index in [1.165, 1.54) is 0 Å². The monoisotopic (exact) mass is 399 g/mol. The minimum absolute atomic E-state index is 0.00786. The maximum absolute atomic E-state index is 12.8. The fourth-order valence-corrected chi connectivity index (χ4v) is 3.34. The molecule has 0 spiro atoms. The first kappa shape index (κ1) is 16.1. The predicted octanol–water partition coefficient (Wildman–Crippen LogP) is 2.76. The summed E-state index contributed by atoms with van der Waals surface area (Å²) in [5.74, 6) is 0.935. The van der Waals surface area contributed by atoms with Crippen LogP contribution in [0.15, 0.2) is 47.2 Å². The van der Waals surface area contributed by atoms with Gasteiger partial charge in [-0.3, -0.25) is 4.79 Å². The summed E-state index contributed by atoms with van der Waals surface area (Å²) in [5, 5.41) is 0. The van der Waals surface area contributed by atoms with E-state index in [9.17, 15) is 4.79 Å². The van der Waals surface area contributed by atoms with E-state index < -0.39 is 0 Å². The van der Waals surface area contributed by atoms with E-state index in [-0.39, 0.29) is 5.91 Å². The van der Waals surface area contributed by atoms with Crippen molar-refractivity contribution in [2.75, 3.05) is 31.1 Å². The van der Waals surface area contributed by atoms with Gasteiger partial charge in [0.15, 0.2) is 0 Å². The average Bonchev–Trinajstić information content (AvgIpc) is 3.08. The quantitative estimate of drug-likeness (QED) is 0.664. The first-order valence-corrected chi connectivity index (χ1v) is 9.01. The van der Waals surface area contributed by atoms with E-state index in [1.807, 2.05) is 52.8 Å². The van der Waals surface area contributed by atoms with E-state index in [2.05, 4.69) is 30.8 Å². The molecule has 1 fully saturated rings. The van der Waals surface area contributed by atoms with Crippen LogP contribution in [-0.2, 0) is 0 Å². The van der Waals surface area contributed by atoms with Gasteiger partial charge in [0.05, 0.1) is 0 Å². The van der Waals surface area contributed by atoms with E-state index in [1.54, 1.807) is 6.20 Å². The van der Waals surface area contributed by atoms with Gasteiger partial charge in [0.25, 0.3) is 5.91 Å². The summed E-state index contributed by atoms with van der Waals surface area (Å²) in [6.45, 7) is 4.89. The molecule has 3 aromatic heterocycles. The van der Waals surface area contributed by atoms with Gasteiger partial charge in [0.2, 0.25) is 0 Å². The van der Waals surface area contributed by atoms with Gasteiger partial charge < -0.3 is 14.2 Å². The standard InChI is InChI=1S/C18H18BrN5O/c1-13-3-2-4-17-21-15(12-24(13)17)18(25)23-9-7-22(8-10-23)16-6-5-14(19)11-20-16/h2-6,11-12H,7-10H2,1H3. The number of fused-ring (bicyclic) bond motifs is 1.